The number of hydrogen-bond donors (Lipinski definition) is 1. The molecule has 2 nitrogen and oxygen atoms in total. The van der Waals surface area contributed by atoms with E-state index >= 15 is 0 Å². The van der Waals surface area contributed by atoms with Crippen LogP contribution in [0.5, 0.6) is 0 Å². The second kappa shape index (κ2) is 7.15. The van der Waals surface area contributed by atoms with Crippen molar-refractivity contribution in [3.63, 3.8) is 0 Å². The second-order valence-corrected chi connectivity index (χ2v) is 8.10. The minimum absolute atomic E-state index is 0.440. The quantitative estimate of drug-likeness (QED) is 0.835. The Hall–Kier alpha value is -0.540. The van der Waals surface area contributed by atoms with Crippen molar-refractivity contribution < 1.29 is 0 Å². The minimum atomic E-state index is 0.440. The van der Waals surface area contributed by atoms with Gasteiger partial charge in [0.05, 0.1) is 0 Å². The topological polar surface area (TPSA) is 15.3 Å². The molecule has 0 saturated carbocycles. The fraction of sp³-hybridized carbons (Fsp3) is 0.667. The summed E-state index contributed by atoms with van der Waals surface area (Å²) in [5, 5.41) is 3.45. The average molecular weight is 353 g/mol. The van der Waals surface area contributed by atoms with Crippen LogP contribution in [0.3, 0.4) is 0 Å². The smallest absolute Gasteiger partial charge is 0.0423 e. The van der Waals surface area contributed by atoms with Crippen LogP contribution in [-0.4, -0.2) is 19.6 Å². The van der Waals surface area contributed by atoms with Crippen molar-refractivity contribution in [2.24, 2.45) is 11.3 Å². The Balaban J connectivity index is 2.10. The van der Waals surface area contributed by atoms with Gasteiger partial charge < -0.3 is 10.2 Å². The van der Waals surface area contributed by atoms with Gasteiger partial charge in [-0.2, -0.15) is 0 Å². The highest BCUT2D eigenvalue weighted by Gasteiger charge is 2.29. The summed E-state index contributed by atoms with van der Waals surface area (Å²) in [5.41, 5.74) is 3.25. The molecule has 1 aromatic rings. The number of anilines is 1. The molecule has 1 heterocycles. The fourth-order valence-corrected chi connectivity index (χ4v) is 3.58. The molecule has 0 atom stereocenters. The van der Waals surface area contributed by atoms with Crippen molar-refractivity contribution in [3.05, 3.63) is 28.2 Å². The van der Waals surface area contributed by atoms with Gasteiger partial charge in [0.2, 0.25) is 0 Å². The third-order valence-corrected chi connectivity index (χ3v) is 5.17. The summed E-state index contributed by atoms with van der Waals surface area (Å²) in [7, 11) is 0. The summed E-state index contributed by atoms with van der Waals surface area (Å²) in [4.78, 5) is 2.57. The van der Waals surface area contributed by atoms with Gasteiger partial charge in [0, 0.05) is 29.8 Å². The van der Waals surface area contributed by atoms with Gasteiger partial charge in [0.15, 0.2) is 0 Å². The van der Waals surface area contributed by atoms with Gasteiger partial charge in [-0.1, -0.05) is 49.7 Å². The third kappa shape index (κ3) is 4.46. The van der Waals surface area contributed by atoms with E-state index in [1.807, 2.05) is 0 Å². The first-order chi connectivity index (χ1) is 9.91. The number of halogens is 1. The summed E-state index contributed by atoms with van der Waals surface area (Å²) in [5.74, 6) is 0.845. The van der Waals surface area contributed by atoms with Crippen LogP contribution in [0.4, 0.5) is 5.69 Å². The van der Waals surface area contributed by atoms with E-state index < -0.39 is 0 Å². The predicted octanol–water partition coefficient (Wildman–Crippen LogP) is 4.82. The molecule has 0 amide bonds. The van der Waals surface area contributed by atoms with E-state index in [4.69, 9.17) is 0 Å². The molecule has 3 heteroatoms. The minimum Gasteiger partial charge on any atom is -0.371 e. The van der Waals surface area contributed by atoms with Crippen LogP contribution in [0.15, 0.2) is 22.7 Å². The zero-order chi connectivity index (χ0) is 15.5. The lowest BCUT2D eigenvalue weighted by Gasteiger charge is -2.40. The summed E-state index contributed by atoms with van der Waals surface area (Å²) in [6.07, 6.45) is 2.60. The van der Waals surface area contributed by atoms with E-state index in [1.54, 1.807) is 0 Å². The van der Waals surface area contributed by atoms with Gasteiger partial charge in [-0.15, -0.1) is 0 Å². The zero-order valence-corrected chi connectivity index (χ0v) is 15.5. The Morgan fingerprint density at radius 1 is 1.24 bits per heavy atom. The molecular formula is C18H29BrN2. The van der Waals surface area contributed by atoms with Crippen LogP contribution in [-0.2, 0) is 6.54 Å². The molecule has 0 radical (unpaired) electrons. The largest absolute Gasteiger partial charge is 0.371 e. The molecule has 0 spiro atoms. The highest BCUT2D eigenvalue weighted by molar-refractivity contribution is 9.10. The first-order valence-electron chi connectivity index (χ1n) is 8.16. The van der Waals surface area contributed by atoms with Gasteiger partial charge in [0.1, 0.15) is 0 Å². The summed E-state index contributed by atoms with van der Waals surface area (Å²) in [6, 6.07) is 6.68. The number of hydrogen-bond acceptors (Lipinski definition) is 2. The van der Waals surface area contributed by atoms with Crippen LogP contribution in [0, 0.1) is 11.3 Å². The summed E-state index contributed by atoms with van der Waals surface area (Å²) in [6.45, 7) is 13.6. The van der Waals surface area contributed by atoms with Gasteiger partial charge in [-0.25, -0.2) is 0 Å². The maximum Gasteiger partial charge on any atom is 0.0423 e. The number of benzene rings is 1. The molecule has 2 rings (SSSR count). The van der Waals surface area contributed by atoms with E-state index in [-0.39, 0.29) is 0 Å². The Morgan fingerprint density at radius 2 is 1.90 bits per heavy atom. The third-order valence-electron chi connectivity index (χ3n) is 4.67. The molecule has 1 N–H and O–H groups in total. The summed E-state index contributed by atoms with van der Waals surface area (Å²) >= 11 is 3.63. The highest BCUT2D eigenvalue weighted by atomic mass is 79.9. The highest BCUT2D eigenvalue weighted by Crippen LogP contribution is 2.36. The SMILES string of the molecule is CCNCc1ccc(Br)cc1N1CCC(C(C)(C)C)CC1. The Morgan fingerprint density at radius 3 is 2.48 bits per heavy atom. The van der Waals surface area contributed by atoms with Crippen LogP contribution in [0.2, 0.25) is 0 Å². The maximum absolute atomic E-state index is 3.63. The molecule has 1 aliphatic heterocycles. The molecule has 0 aromatic heterocycles. The van der Waals surface area contributed by atoms with E-state index in [9.17, 15) is 0 Å². The Bertz CT molecular complexity index is 457. The molecule has 118 valence electrons. The van der Waals surface area contributed by atoms with E-state index in [2.05, 4.69) is 72.0 Å². The van der Waals surface area contributed by atoms with Crippen molar-refractivity contribution in [1.82, 2.24) is 5.32 Å². The Labute approximate surface area is 138 Å². The Kier molecular flexibility index (Phi) is 5.73. The van der Waals surface area contributed by atoms with Gasteiger partial charge in [0.25, 0.3) is 0 Å². The van der Waals surface area contributed by atoms with Gasteiger partial charge in [-0.05, 0) is 48.4 Å². The second-order valence-electron chi connectivity index (χ2n) is 7.18. The summed E-state index contributed by atoms with van der Waals surface area (Å²) < 4.78 is 1.18. The van der Waals surface area contributed by atoms with Crippen LogP contribution < -0.4 is 10.2 Å². The van der Waals surface area contributed by atoms with Crippen molar-refractivity contribution in [3.8, 4) is 0 Å². The standard InChI is InChI=1S/C18H29BrN2/c1-5-20-13-14-6-7-16(19)12-17(14)21-10-8-15(9-11-21)18(2,3)4/h6-7,12,15,20H,5,8-11,13H2,1-4H3. The molecule has 0 bridgehead atoms. The number of rotatable bonds is 4. The number of nitrogens with one attached hydrogen (secondary N) is 1. The van der Waals surface area contributed by atoms with Crippen molar-refractivity contribution in [2.75, 3.05) is 24.5 Å². The van der Waals surface area contributed by atoms with Crippen molar-refractivity contribution in [1.29, 1.82) is 0 Å². The predicted molar refractivity (Wildman–Crippen MR) is 95.9 cm³/mol. The maximum atomic E-state index is 3.63. The molecule has 1 aliphatic rings. The fourth-order valence-electron chi connectivity index (χ4n) is 3.23. The number of piperidine rings is 1. The monoisotopic (exact) mass is 352 g/mol. The molecule has 1 aromatic carbocycles. The lowest BCUT2D eigenvalue weighted by molar-refractivity contribution is 0.199. The zero-order valence-electron chi connectivity index (χ0n) is 13.9. The molecule has 0 unspecified atom stereocenters. The number of nitrogens with zero attached hydrogens (tertiary/aromatic N) is 1. The lowest BCUT2D eigenvalue weighted by Crippen LogP contribution is -2.38. The van der Waals surface area contributed by atoms with Crippen LogP contribution >= 0.6 is 15.9 Å². The normalized spacial score (nSPS) is 17.3. The molecular weight excluding hydrogens is 324 g/mol. The van der Waals surface area contributed by atoms with Gasteiger partial charge >= 0.3 is 0 Å². The van der Waals surface area contributed by atoms with Crippen molar-refractivity contribution in [2.45, 2.75) is 47.1 Å². The molecule has 21 heavy (non-hydrogen) atoms. The average Bonchev–Trinajstić information content (AvgIpc) is 2.45. The molecule has 0 aliphatic carbocycles. The van der Waals surface area contributed by atoms with Crippen LogP contribution in [0.25, 0.3) is 0 Å². The van der Waals surface area contributed by atoms with E-state index in [1.165, 1.54) is 41.7 Å². The van der Waals surface area contributed by atoms with Crippen molar-refractivity contribution >= 4 is 21.6 Å². The van der Waals surface area contributed by atoms with Gasteiger partial charge in [-0.3, -0.25) is 0 Å². The van der Waals surface area contributed by atoms with E-state index in [0.717, 1.165) is 19.0 Å². The first kappa shape index (κ1) is 16.8. The van der Waals surface area contributed by atoms with Crippen LogP contribution in [0.1, 0.15) is 46.1 Å². The molecule has 1 saturated heterocycles. The van der Waals surface area contributed by atoms with E-state index in [0.29, 0.717) is 5.41 Å². The lowest BCUT2D eigenvalue weighted by atomic mass is 9.75. The molecule has 1 fully saturated rings. The first-order valence-corrected chi connectivity index (χ1v) is 8.95.